The van der Waals surface area contributed by atoms with Gasteiger partial charge in [0, 0.05) is 28.2 Å². The van der Waals surface area contributed by atoms with E-state index in [0.717, 1.165) is 42.1 Å². The van der Waals surface area contributed by atoms with Gasteiger partial charge in [-0.2, -0.15) is 0 Å². The summed E-state index contributed by atoms with van der Waals surface area (Å²) in [7, 11) is 0. The molecule has 192 valence electrons. The molecule has 0 bridgehead atoms. The molecule has 0 aromatic heterocycles. The quantitative estimate of drug-likeness (QED) is 0.258. The second-order valence-corrected chi connectivity index (χ2v) is 10.4. The molecular formula is C29H30BrN3O3S. The molecule has 0 spiro atoms. The van der Waals surface area contributed by atoms with Crippen molar-refractivity contribution < 1.29 is 14.3 Å². The topological polar surface area (TPSA) is 79.5 Å². The van der Waals surface area contributed by atoms with Crippen molar-refractivity contribution in [3.8, 4) is 5.75 Å². The van der Waals surface area contributed by atoms with Crippen LogP contribution in [0.4, 0.5) is 11.4 Å². The second-order valence-electron chi connectivity index (χ2n) is 9.04. The summed E-state index contributed by atoms with van der Waals surface area (Å²) in [5.41, 5.74) is 2.89. The van der Waals surface area contributed by atoms with Crippen LogP contribution in [-0.4, -0.2) is 23.5 Å². The summed E-state index contributed by atoms with van der Waals surface area (Å²) >= 11 is 8.82. The fourth-order valence-electron chi connectivity index (χ4n) is 4.35. The maximum Gasteiger partial charge on any atom is 0.261 e. The average molecular weight is 581 g/mol. The third-order valence-electron chi connectivity index (χ3n) is 6.27. The minimum atomic E-state index is -0.379. The molecule has 0 saturated heterocycles. The Morgan fingerprint density at radius 3 is 2.38 bits per heavy atom. The minimum Gasteiger partial charge on any atom is -0.492 e. The zero-order valence-electron chi connectivity index (χ0n) is 20.5. The number of ether oxygens (including phenoxy) is 1. The van der Waals surface area contributed by atoms with Crippen molar-refractivity contribution >= 4 is 56.4 Å². The number of benzene rings is 3. The monoisotopic (exact) mass is 579 g/mol. The molecule has 0 unspecified atom stereocenters. The van der Waals surface area contributed by atoms with E-state index in [1.807, 2.05) is 54.6 Å². The largest absolute Gasteiger partial charge is 0.492 e. The summed E-state index contributed by atoms with van der Waals surface area (Å²) in [6.45, 7) is 0.438. The van der Waals surface area contributed by atoms with Gasteiger partial charge >= 0.3 is 0 Å². The third-order valence-corrected chi connectivity index (χ3v) is 6.97. The number of hydrogen-bond donors (Lipinski definition) is 3. The van der Waals surface area contributed by atoms with Crippen molar-refractivity contribution in [2.75, 3.05) is 17.2 Å². The van der Waals surface area contributed by atoms with Crippen molar-refractivity contribution in [2.45, 2.75) is 38.5 Å². The predicted octanol–water partition coefficient (Wildman–Crippen LogP) is 6.72. The average Bonchev–Trinajstić information content (AvgIpc) is 2.90. The van der Waals surface area contributed by atoms with Crippen molar-refractivity contribution in [3.63, 3.8) is 0 Å². The van der Waals surface area contributed by atoms with Crippen LogP contribution in [0.15, 0.2) is 77.3 Å². The van der Waals surface area contributed by atoms with Crippen molar-refractivity contribution in [1.82, 2.24) is 5.32 Å². The maximum atomic E-state index is 13.0. The van der Waals surface area contributed by atoms with Crippen LogP contribution in [0.5, 0.6) is 5.75 Å². The van der Waals surface area contributed by atoms with Gasteiger partial charge in [0.1, 0.15) is 5.75 Å². The number of anilines is 2. The molecule has 2 amide bonds. The Hall–Kier alpha value is -3.23. The SMILES string of the molecule is O=C(NC(=S)Nc1cccc(NC(=O)C2CCCCC2)c1)c1cc(Br)ccc1OCCc1ccccc1. The van der Waals surface area contributed by atoms with Crippen LogP contribution in [0.2, 0.25) is 0 Å². The van der Waals surface area contributed by atoms with Gasteiger partial charge < -0.3 is 15.4 Å². The highest BCUT2D eigenvalue weighted by atomic mass is 79.9. The van der Waals surface area contributed by atoms with E-state index in [1.165, 1.54) is 6.42 Å². The van der Waals surface area contributed by atoms with Gasteiger partial charge in [0.2, 0.25) is 5.91 Å². The Bertz CT molecular complexity index is 1250. The highest BCUT2D eigenvalue weighted by molar-refractivity contribution is 9.10. The highest BCUT2D eigenvalue weighted by Crippen LogP contribution is 2.26. The van der Waals surface area contributed by atoms with E-state index in [2.05, 4.69) is 31.9 Å². The summed E-state index contributed by atoms with van der Waals surface area (Å²) in [4.78, 5) is 25.6. The molecule has 6 nitrogen and oxygen atoms in total. The first kappa shape index (κ1) is 26.8. The molecule has 3 aromatic rings. The van der Waals surface area contributed by atoms with Crippen LogP contribution in [-0.2, 0) is 11.2 Å². The minimum absolute atomic E-state index is 0.0576. The van der Waals surface area contributed by atoms with Gasteiger partial charge in [-0.1, -0.05) is 71.6 Å². The fraction of sp³-hybridized carbons (Fsp3) is 0.276. The molecular weight excluding hydrogens is 550 g/mol. The number of carbonyl (C=O) groups excluding carboxylic acids is 2. The van der Waals surface area contributed by atoms with E-state index >= 15 is 0 Å². The first-order chi connectivity index (χ1) is 18.0. The van der Waals surface area contributed by atoms with Crippen LogP contribution in [0.25, 0.3) is 0 Å². The number of halogens is 1. The predicted molar refractivity (Wildman–Crippen MR) is 155 cm³/mol. The van der Waals surface area contributed by atoms with E-state index in [0.29, 0.717) is 29.3 Å². The molecule has 1 aliphatic rings. The molecule has 8 heteroatoms. The van der Waals surface area contributed by atoms with E-state index in [-0.39, 0.29) is 22.8 Å². The number of carbonyl (C=O) groups is 2. The van der Waals surface area contributed by atoms with Gasteiger partial charge in [-0.3, -0.25) is 14.9 Å². The van der Waals surface area contributed by atoms with Crippen LogP contribution >= 0.6 is 28.1 Å². The number of nitrogens with one attached hydrogen (secondary N) is 3. The molecule has 4 rings (SSSR count). The van der Waals surface area contributed by atoms with Crippen molar-refractivity contribution in [2.24, 2.45) is 5.92 Å². The lowest BCUT2D eigenvalue weighted by Gasteiger charge is -2.21. The van der Waals surface area contributed by atoms with E-state index in [9.17, 15) is 9.59 Å². The fourth-order valence-corrected chi connectivity index (χ4v) is 4.92. The standard InChI is InChI=1S/C29H30BrN3O3S/c30-22-14-15-26(36-17-16-20-8-3-1-4-9-20)25(18-22)28(35)33-29(37)32-24-13-7-12-23(19-24)31-27(34)21-10-5-2-6-11-21/h1,3-4,7-9,12-15,18-19,21H,2,5-6,10-11,16-17H2,(H,31,34)(H2,32,33,35,37). The lowest BCUT2D eigenvalue weighted by molar-refractivity contribution is -0.120. The Kier molecular flexibility index (Phi) is 9.68. The first-order valence-corrected chi connectivity index (χ1v) is 13.7. The second kappa shape index (κ2) is 13.4. The van der Waals surface area contributed by atoms with Gasteiger partial charge in [0.25, 0.3) is 5.91 Å². The lowest BCUT2D eigenvalue weighted by atomic mass is 9.88. The van der Waals surface area contributed by atoms with E-state index < -0.39 is 0 Å². The summed E-state index contributed by atoms with van der Waals surface area (Å²) in [6.07, 6.45) is 6.01. The van der Waals surface area contributed by atoms with Gasteiger partial charge in [0.05, 0.1) is 12.2 Å². The number of thiocarbonyl (C=S) groups is 1. The summed E-state index contributed by atoms with van der Waals surface area (Å²) < 4.78 is 6.69. The van der Waals surface area contributed by atoms with Crippen molar-refractivity contribution in [1.29, 1.82) is 0 Å². The van der Waals surface area contributed by atoms with Crippen molar-refractivity contribution in [3.05, 3.63) is 88.4 Å². The third kappa shape index (κ3) is 8.13. The van der Waals surface area contributed by atoms with Gasteiger partial charge in [-0.25, -0.2) is 0 Å². The Morgan fingerprint density at radius 2 is 1.62 bits per heavy atom. The number of rotatable bonds is 8. The highest BCUT2D eigenvalue weighted by Gasteiger charge is 2.21. The molecule has 1 aliphatic carbocycles. The summed E-state index contributed by atoms with van der Waals surface area (Å²) in [5.74, 6) is 0.226. The van der Waals surface area contributed by atoms with Gasteiger partial charge in [-0.15, -0.1) is 0 Å². The maximum absolute atomic E-state index is 13.0. The number of amides is 2. The van der Waals surface area contributed by atoms with Gasteiger partial charge in [0.15, 0.2) is 5.11 Å². The zero-order chi connectivity index (χ0) is 26.0. The summed E-state index contributed by atoms with van der Waals surface area (Å²) in [5, 5.41) is 8.91. The number of hydrogen-bond acceptors (Lipinski definition) is 4. The molecule has 0 heterocycles. The van der Waals surface area contributed by atoms with E-state index in [1.54, 1.807) is 18.2 Å². The molecule has 0 aliphatic heterocycles. The normalized spacial score (nSPS) is 13.4. The molecule has 1 fully saturated rings. The zero-order valence-corrected chi connectivity index (χ0v) is 22.9. The Labute approximate surface area is 231 Å². The first-order valence-electron chi connectivity index (χ1n) is 12.5. The van der Waals surface area contributed by atoms with Gasteiger partial charge in [-0.05, 0) is 67.0 Å². The molecule has 3 N–H and O–H groups in total. The van der Waals surface area contributed by atoms with E-state index in [4.69, 9.17) is 17.0 Å². The van der Waals surface area contributed by atoms with Crippen LogP contribution in [0, 0.1) is 5.92 Å². The van der Waals surface area contributed by atoms with Crippen LogP contribution < -0.4 is 20.7 Å². The van der Waals surface area contributed by atoms with Crippen LogP contribution in [0.1, 0.15) is 48.0 Å². The lowest BCUT2D eigenvalue weighted by Crippen LogP contribution is -2.34. The molecule has 37 heavy (non-hydrogen) atoms. The molecule has 3 aromatic carbocycles. The Morgan fingerprint density at radius 1 is 0.892 bits per heavy atom. The summed E-state index contributed by atoms with van der Waals surface area (Å²) in [6, 6.07) is 22.6. The smallest absolute Gasteiger partial charge is 0.261 e. The Balaban J connectivity index is 1.34. The van der Waals surface area contributed by atoms with Crippen LogP contribution in [0.3, 0.4) is 0 Å². The molecule has 1 saturated carbocycles. The molecule has 0 radical (unpaired) electrons. The molecule has 0 atom stereocenters.